The third kappa shape index (κ3) is 9.19. The number of carbonyl (C=O) groups excluding carboxylic acids is 3. The van der Waals surface area contributed by atoms with E-state index in [1.807, 2.05) is 0 Å². The number of nitrogens with one attached hydrogen (secondary N) is 2. The molecule has 1 aliphatic rings. The van der Waals surface area contributed by atoms with Gasteiger partial charge in [0.25, 0.3) is 0 Å². The van der Waals surface area contributed by atoms with Crippen molar-refractivity contribution in [3.05, 3.63) is 59.7 Å². The summed E-state index contributed by atoms with van der Waals surface area (Å²) in [6, 6.07) is 7.99. The lowest BCUT2D eigenvalue weighted by Crippen LogP contribution is -2.57. The zero-order valence-electron chi connectivity index (χ0n) is 22.9. The molecule has 1 fully saturated rings. The van der Waals surface area contributed by atoms with Crippen molar-refractivity contribution in [3.63, 3.8) is 0 Å². The first kappa shape index (κ1) is 31.4. The Morgan fingerprint density at radius 1 is 0.878 bits per heavy atom. The van der Waals surface area contributed by atoms with Crippen LogP contribution in [-0.2, 0) is 32.0 Å². The van der Waals surface area contributed by atoms with E-state index in [1.165, 1.54) is 29.2 Å². The van der Waals surface area contributed by atoms with E-state index < -0.39 is 42.0 Å². The number of carboxylic acids is 1. The van der Waals surface area contributed by atoms with Crippen LogP contribution in [0.4, 0.5) is 0 Å². The normalized spacial score (nSPS) is 16.9. The Balaban J connectivity index is 1.75. The number of carboxylic acid groups (broad SMARTS) is 1. The molecule has 4 atom stereocenters. The molecule has 41 heavy (non-hydrogen) atoms. The van der Waals surface area contributed by atoms with Gasteiger partial charge in [-0.05, 0) is 67.6 Å². The molecule has 2 aromatic rings. The van der Waals surface area contributed by atoms with Gasteiger partial charge in [-0.15, -0.1) is 0 Å². The predicted molar refractivity (Wildman–Crippen MR) is 151 cm³/mol. The highest BCUT2D eigenvalue weighted by molar-refractivity contribution is 5.94. The average molecular weight is 570 g/mol. The second kappa shape index (κ2) is 15.0. The highest BCUT2D eigenvalue weighted by Gasteiger charge is 2.38. The molecule has 1 saturated heterocycles. The van der Waals surface area contributed by atoms with Crippen LogP contribution in [0.15, 0.2) is 48.5 Å². The van der Waals surface area contributed by atoms with Crippen molar-refractivity contribution in [2.45, 2.75) is 69.1 Å². The molecule has 2 aromatic carbocycles. The van der Waals surface area contributed by atoms with Gasteiger partial charge in [0.2, 0.25) is 17.7 Å². The molecule has 0 spiro atoms. The van der Waals surface area contributed by atoms with E-state index in [0.29, 0.717) is 49.9 Å². The Morgan fingerprint density at radius 2 is 1.44 bits per heavy atom. The average Bonchev–Trinajstić information content (AvgIpc) is 3.44. The number of aliphatic carboxylic acids is 1. The number of hydrogen-bond acceptors (Lipinski definition) is 8. The molecule has 1 heterocycles. The maximum atomic E-state index is 13.4. The predicted octanol–water partition coefficient (Wildman–Crippen LogP) is 0.385. The number of nitrogens with two attached hydrogens (primary N) is 2. The van der Waals surface area contributed by atoms with Gasteiger partial charge in [-0.1, -0.05) is 30.7 Å². The first-order valence-corrected chi connectivity index (χ1v) is 13.7. The van der Waals surface area contributed by atoms with Gasteiger partial charge in [0, 0.05) is 19.4 Å². The summed E-state index contributed by atoms with van der Waals surface area (Å²) in [4.78, 5) is 53.3. The summed E-state index contributed by atoms with van der Waals surface area (Å²) in [7, 11) is 0. The molecular formula is C29H39N5O7. The van der Waals surface area contributed by atoms with Gasteiger partial charge in [-0.2, -0.15) is 0 Å². The van der Waals surface area contributed by atoms with Crippen LogP contribution in [0.2, 0.25) is 0 Å². The van der Waals surface area contributed by atoms with Gasteiger partial charge in [0.1, 0.15) is 29.6 Å². The van der Waals surface area contributed by atoms with Crippen LogP contribution in [0.5, 0.6) is 11.5 Å². The van der Waals surface area contributed by atoms with E-state index in [-0.39, 0.29) is 30.2 Å². The summed E-state index contributed by atoms with van der Waals surface area (Å²) in [5.74, 6) is -2.79. The minimum Gasteiger partial charge on any atom is -0.508 e. The smallest absolute Gasteiger partial charge is 0.326 e. The van der Waals surface area contributed by atoms with Crippen molar-refractivity contribution >= 4 is 23.7 Å². The Labute approximate surface area is 238 Å². The van der Waals surface area contributed by atoms with Gasteiger partial charge in [-0.25, -0.2) is 4.79 Å². The number of carbonyl (C=O) groups is 4. The van der Waals surface area contributed by atoms with Crippen LogP contribution >= 0.6 is 0 Å². The highest BCUT2D eigenvalue weighted by atomic mass is 16.4. The summed E-state index contributed by atoms with van der Waals surface area (Å²) in [5, 5.41) is 34.2. The highest BCUT2D eigenvalue weighted by Crippen LogP contribution is 2.20. The van der Waals surface area contributed by atoms with Gasteiger partial charge >= 0.3 is 5.97 Å². The maximum absolute atomic E-state index is 13.4. The Kier molecular flexibility index (Phi) is 11.5. The van der Waals surface area contributed by atoms with Crippen LogP contribution in [0.1, 0.15) is 43.2 Å². The lowest BCUT2D eigenvalue weighted by atomic mass is 10.0. The summed E-state index contributed by atoms with van der Waals surface area (Å²) in [5.41, 5.74) is 12.8. The number of benzene rings is 2. The van der Waals surface area contributed by atoms with Gasteiger partial charge in [0.05, 0.1) is 6.04 Å². The lowest BCUT2D eigenvalue weighted by molar-refractivity contribution is -0.143. The van der Waals surface area contributed by atoms with E-state index in [0.717, 1.165) is 6.42 Å². The molecule has 4 unspecified atom stereocenters. The molecule has 0 aromatic heterocycles. The SMILES string of the molecule is NCCCCC(N)C(=O)N1CCCC1C(=O)NC(Cc1ccc(O)cc1)C(=O)NC(Cc1ccc(O)cc1)C(=O)O. The second-order valence-electron chi connectivity index (χ2n) is 10.3. The Bertz CT molecular complexity index is 1190. The van der Waals surface area contributed by atoms with Crippen molar-refractivity contribution in [1.29, 1.82) is 0 Å². The number of phenolic OH excluding ortho intramolecular Hbond substituents is 2. The van der Waals surface area contributed by atoms with Crippen LogP contribution in [-0.4, -0.2) is 81.2 Å². The minimum atomic E-state index is -1.30. The fourth-order valence-corrected chi connectivity index (χ4v) is 4.83. The van der Waals surface area contributed by atoms with E-state index >= 15 is 0 Å². The van der Waals surface area contributed by atoms with Gasteiger partial charge in [-0.3, -0.25) is 14.4 Å². The van der Waals surface area contributed by atoms with E-state index in [2.05, 4.69) is 10.6 Å². The topological polar surface area (TPSA) is 208 Å². The fourth-order valence-electron chi connectivity index (χ4n) is 4.83. The molecule has 0 radical (unpaired) electrons. The Morgan fingerprint density at radius 3 is 1.98 bits per heavy atom. The summed E-state index contributed by atoms with van der Waals surface area (Å²) < 4.78 is 0. The second-order valence-corrected chi connectivity index (χ2v) is 10.3. The first-order valence-electron chi connectivity index (χ1n) is 13.7. The van der Waals surface area contributed by atoms with Crippen molar-refractivity contribution in [2.24, 2.45) is 11.5 Å². The monoisotopic (exact) mass is 569 g/mol. The molecule has 9 N–H and O–H groups in total. The number of phenols is 2. The van der Waals surface area contributed by atoms with Crippen LogP contribution in [0, 0.1) is 0 Å². The largest absolute Gasteiger partial charge is 0.508 e. The summed E-state index contributed by atoms with van der Waals surface area (Å²) in [6.45, 7) is 0.863. The third-order valence-electron chi connectivity index (χ3n) is 7.12. The zero-order chi connectivity index (χ0) is 29.9. The van der Waals surface area contributed by atoms with E-state index in [9.17, 15) is 34.5 Å². The number of nitrogens with zero attached hydrogens (tertiary/aromatic N) is 1. The minimum absolute atomic E-state index is 0.0165. The number of amides is 3. The molecule has 0 saturated carbocycles. The number of hydrogen-bond donors (Lipinski definition) is 7. The number of unbranched alkanes of at least 4 members (excludes halogenated alkanes) is 1. The number of aromatic hydroxyl groups is 2. The summed E-state index contributed by atoms with van der Waals surface area (Å²) in [6.07, 6.45) is 2.85. The molecule has 222 valence electrons. The Hall–Kier alpha value is -4.16. The first-order chi connectivity index (χ1) is 19.6. The standard InChI is InChI=1S/C29H39N5O7/c30-14-2-1-4-22(31)28(39)34-15-3-5-25(34)27(38)32-23(16-18-6-10-20(35)11-7-18)26(37)33-24(29(40)41)17-19-8-12-21(36)13-9-19/h6-13,22-25,35-36H,1-5,14-17,30-31H2,(H,32,38)(H,33,37)(H,40,41). The fraction of sp³-hybridized carbons (Fsp3) is 0.448. The molecular weight excluding hydrogens is 530 g/mol. The van der Waals surface area contributed by atoms with Gasteiger partial charge in [0.15, 0.2) is 0 Å². The van der Waals surface area contributed by atoms with Crippen LogP contribution in [0.3, 0.4) is 0 Å². The van der Waals surface area contributed by atoms with E-state index in [1.54, 1.807) is 24.3 Å². The van der Waals surface area contributed by atoms with E-state index in [4.69, 9.17) is 11.5 Å². The van der Waals surface area contributed by atoms with Crippen LogP contribution in [0.25, 0.3) is 0 Å². The van der Waals surface area contributed by atoms with Crippen molar-refractivity contribution < 1.29 is 34.5 Å². The molecule has 12 heteroatoms. The zero-order valence-corrected chi connectivity index (χ0v) is 22.9. The molecule has 1 aliphatic heterocycles. The van der Waals surface area contributed by atoms with Crippen molar-refractivity contribution in [1.82, 2.24) is 15.5 Å². The molecule has 3 rings (SSSR count). The number of rotatable bonds is 14. The molecule has 0 aliphatic carbocycles. The van der Waals surface area contributed by atoms with Gasteiger partial charge < -0.3 is 42.3 Å². The van der Waals surface area contributed by atoms with Crippen LogP contribution < -0.4 is 22.1 Å². The number of likely N-dealkylation sites (tertiary alicyclic amines) is 1. The van der Waals surface area contributed by atoms with Crippen molar-refractivity contribution in [3.8, 4) is 11.5 Å². The molecule has 12 nitrogen and oxygen atoms in total. The summed E-state index contributed by atoms with van der Waals surface area (Å²) >= 11 is 0. The molecule has 3 amide bonds. The molecule has 0 bridgehead atoms. The third-order valence-corrected chi connectivity index (χ3v) is 7.12. The lowest BCUT2D eigenvalue weighted by Gasteiger charge is -2.29. The van der Waals surface area contributed by atoms with Crippen molar-refractivity contribution in [2.75, 3.05) is 13.1 Å². The quantitative estimate of drug-likeness (QED) is 0.157. The maximum Gasteiger partial charge on any atom is 0.326 e.